The highest BCUT2D eigenvalue weighted by atomic mass is 35.5. The Kier molecular flexibility index (Phi) is 6.23. The fourth-order valence-corrected chi connectivity index (χ4v) is 3.49. The number of rotatable bonds is 5. The van der Waals surface area contributed by atoms with Gasteiger partial charge < -0.3 is 11.1 Å². The molecule has 23 heavy (non-hydrogen) atoms. The van der Waals surface area contributed by atoms with Crippen molar-refractivity contribution in [2.24, 2.45) is 5.73 Å². The Labute approximate surface area is 148 Å². The molecule has 0 atom stereocenters. The Morgan fingerprint density at radius 2 is 1.91 bits per heavy atom. The molecule has 0 fully saturated rings. The third-order valence-corrected chi connectivity index (χ3v) is 4.67. The number of hydrogen-bond donors (Lipinski definition) is 2. The minimum atomic E-state index is -0.217. The van der Waals surface area contributed by atoms with E-state index in [-0.39, 0.29) is 18.3 Å². The molecule has 0 aliphatic rings. The van der Waals surface area contributed by atoms with Crippen molar-refractivity contribution in [3.05, 3.63) is 51.8 Å². The first-order valence-electron chi connectivity index (χ1n) is 6.73. The molecule has 120 valence electrons. The maximum absolute atomic E-state index is 12.2. The largest absolute Gasteiger partial charge is 0.330 e. The number of benzene rings is 1. The van der Waals surface area contributed by atoms with Crippen LogP contribution >= 0.6 is 35.1 Å². The average Bonchev–Trinajstić information content (AvgIpc) is 3.17. The number of thiazole rings is 2. The summed E-state index contributed by atoms with van der Waals surface area (Å²) in [6.07, 6.45) is 0.761. The summed E-state index contributed by atoms with van der Waals surface area (Å²) in [5, 5.41) is 8.25. The quantitative estimate of drug-likeness (QED) is 0.724. The number of halogens is 1. The number of nitrogens with one attached hydrogen (secondary N) is 1. The highest BCUT2D eigenvalue weighted by Crippen LogP contribution is 2.25. The summed E-state index contributed by atoms with van der Waals surface area (Å²) in [6.45, 7) is 0.579. The highest BCUT2D eigenvalue weighted by Gasteiger charge is 2.14. The van der Waals surface area contributed by atoms with E-state index in [4.69, 9.17) is 5.73 Å². The minimum absolute atomic E-state index is 0. The number of para-hydroxylation sites is 1. The Balaban J connectivity index is 0.00000192. The van der Waals surface area contributed by atoms with Crippen LogP contribution in [-0.2, 0) is 6.42 Å². The fraction of sp³-hybridized carbons (Fsp3) is 0.133. The van der Waals surface area contributed by atoms with E-state index < -0.39 is 0 Å². The smallest absolute Gasteiger partial charge is 0.275 e. The second-order valence-corrected chi connectivity index (χ2v) is 6.32. The van der Waals surface area contributed by atoms with E-state index >= 15 is 0 Å². The first kappa shape index (κ1) is 17.6. The Morgan fingerprint density at radius 3 is 2.65 bits per heavy atom. The van der Waals surface area contributed by atoms with Crippen LogP contribution in [0.25, 0.3) is 10.7 Å². The summed E-state index contributed by atoms with van der Waals surface area (Å²) >= 11 is 2.98. The van der Waals surface area contributed by atoms with Crippen molar-refractivity contribution in [1.82, 2.24) is 9.97 Å². The predicted octanol–water partition coefficient (Wildman–Crippen LogP) is 3.44. The summed E-state index contributed by atoms with van der Waals surface area (Å²) in [5.74, 6) is -0.217. The molecule has 0 aliphatic carbocycles. The van der Waals surface area contributed by atoms with Gasteiger partial charge in [0.2, 0.25) is 0 Å². The first-order chi connectivity index (χ1) is 10.8. The van der Waals surface area contributed by atoms with Crippen LogP contribution in [0.3, 0.4) is 0 Å². The molecule has 0 aliphatic heterocycles. The molecule has 1 amide bonds. The van der Waals surface area contributed by atoms with Gasteiger partial charge in [-0.1, -0.05) is 18.2 Å². The number of nitrogens with zero attached hydrogens (tertiary/aromatic N) is 2. The van der Waals surface area contributed by atoms with Crippen molar-refractivity contribution in [3.8, 4) is 10.7 Å². The number of carbonyl (C=O) groups excluding carboxylic acids is 1. The summed E-state index contributed by atoms with van der Waals surface area (Å²) in [6, 6.07) is 9.32. The third-order valence-electron chi connectivity index (χ3n) is 2.90. The van der Waals surface area contributed by atoms with Gasteiger partial charge in [0.1, 0.15) is 16.4 Å². The molecule has 5 nitrogen and oxygen atoms in total. The van der Waals surface area contributed by atoms with Gasteiger partial charge in [-0.25, -0.2) is 9.97 Å². The summed E-state index contributed by atoms with van der Waals surface area (Å²) < 4.78 is 0. The lowest BCUT2D eigenvalue weighted by Gasteiger charge is -2.01. The van der Waals surface area contributed by atoms with E-state index in [0.29, 0.717) is 12.2 Å². The van der Waals surface area contributed by atoms with E-state index in [2.05, 4.69) is 15.3 Å². The molecular formula is C15H15ClN4OS2. The van der Waals surface area contributed by atoms with Gasteiger partial charge in [-0.3, -0.25) is 4.79 Å². The van der Waals surface area contributed by atoms with Crippen molar-refractivity contribution in [2.75, 3.05) is 11.9 Å². The van der Waals surface area contributed by atoms with Crippen LogP contribution in [0.2, 0.25) is 0 Å². The molecular weight excluding hydrogens is 352 g/mol. The zero-order valence-electron chi connectivity index (χ0n) is 12.1. The standard InChI is InChI=1S/C15H14N4OS2.ClH/c16-7-6-13-18-12(9-21-13)15-19-11(8-22-15)14(20)17-10-4-2-1-3-5-10;/h1-5,8-9H,6-7,16H2,(H,17,20);1H. The maximum atomic E-state index is 12.2. The lowest BCUT2D eigenvalue weighted by Crippen LogP contribution is -2.12. The van der Waals surface area contributed by atoms with Crippen molar-refractivity contribution < 1.29 is 4.79 Å². The molecule has 3 rings (SSSR count). The highest BCUT2D eigenvalue weighted by molar-refractivity contribution is 7.14. The van der Waals surface area contributed by atoms with Crippen LogP contribution in [-0.4, -0.2) is 22.4 Å². The van der Waals surface area contributed by atoms with Crippen molar-refractivity contribution in [1.29, 1.82) is 0 Å². The third kappa shape index (κ3) is 4.35. The van der Waals surface area contributed by atoms with Crippen molar-refractivity contribution in [3.63, 3.8) is 0 Å². The van der Waals surface area contributed by atoms with Gasteiger partial charge in [-0.05, 0) is 18.7 Å². The van der Waals surface area contributed by atoms with E-state index in [1.54, 1.807) is 16.7 Å². The van der Waals surface area contributed by atoms with E-state index in [1.165, 1.54) is 11.3 Å². The molecule has 1 aromatic carbocycles. The van der Waals surface area contributed by atoms with Gasteiger partial charge in [-0.15, -0.1) is 35.1 Å². The Morgan fingerprint density at radius 1 is 1.13 bits per heavy atom. The Hall–Kier alpha value is -1.80. The topological polar surface area (TPSA) is 80.9 Å². The van der Waals surface area contributed by atoms with Crippen LogP contribution in [0.4, 0.5) is 5.69 Å². The average molecular weight is 367 g/mol. The van der Waals surface area contributed by atoms with Crippen LogP contribution < -0.4 is 11.1 Å². The number of hydrogen-bond acceptors (Lipinski definition) is 6. The monoisotopic (exact) mass is 366 g/mol. The fourth-order valence-electron chi connectivity index (χ4n) is 1.86. The zero-order valence-corrected chi connectivity index (χ0v) is 14.5. The first-order valence-corrected chi connectivity index (χ1v) is 8.49. The molecule has 8 heteroatoms. The van der Waals surface area contributed by atoms with Gasteiger partial charge in [0, 0.05) is 22.9 Å². The molecule has 0 saturated carbocycles. The normalized spacial score (nSPS) is 10.1. The van der Waals surface area contributed by atoms with Gasteiger partial charge >= 0.3 is 0 Å². The van der Waals surface area contributed by atoms with Crippen LogP contribution in [0.1, 0.15) is 15.5 Å². The van der Waals surface area contributed by atoms with Crippen LogP contribution in [0.15, 0.2) is 41.1 Å². The lowest BCUT2D eigenvalue weighted by atomic mass is 10.3. The van der Waals surface area contributed by atoms with E-state index in [9.17, 15) is 4.79 Å². The number of anilines is 1. The predicted molar refractivity (Wildman–Crippen MR) is 97.6 cm³/mol. The Bertz CT molecular complexity index is 773. The molecule has 2 aromatic heterocycles. The molecule has 0 unspecified atom stereocenters. The number of amides is 1. The molecule has 2 heterocycles. The van der Waals surface area contributed by atoms with Gasteiger partial charge in [0.25, 0.3) is 5.91 Å². The molecule has 0 spiro atoms. The minimum Gasteiger partial charge on any atom is -0.330 e. The lowest BCUT2D eigenvalue weighted by molar-refractivity contribution is 0.102. The summed E-state index contributed by atoms with van der Waals surface area (Å²) in [4.78, 5) is 21.0. The van der Waals surface area contributed by atoms with Crippen molar-refractivity contribution in [2.45, 2.75) is 6.42 Å². The van der Waals surface area contributed by atoms with Crippen LogP contribution in [0.5, 0.6) is 0 Å². The summed E-state index contributed by atoms with van der Waals surface area (Å²) in [7, 11) is 0. The van der Waals surface area contributed by atoms with E-state index in [0.717, 1.165) is 27.8 Å². The molecule has 3 N–H and O–H groups in total. The number of carbonyl (C=O) groups is 1. The SMILES string of the molecule is Cl.NCCc1nc(-c2nc(C(=O)Nc3ccccc3)cs2)cs1. The van der Waals surface area contributed by atoms with Gasteiger partial charge in [-0.2, -0.15) is 0 Å². The van der Waals surface area contributed by atoms with Crippen molar-refractivity contribution >= 4 is 46.7 Å². The summed E-state index contributed by atoms with van der Waals surface area (Å²) in [5.41, 5.74) is 7.48. The number of aromatic nitrogens is 2. The van der Waals surface area contributed by atoms with Crippen LogP contribution in [0, 0.1) is 0 Å². The molecule has 0 saturated heterocycles. The van der Waals surface area contributed by atoms with Gasteiger partial charge in [0.05, 0.1) is 5.01 Å². The second-order valence-electron chi connectivity index (χ2n) is 4.52. The molecule has 0 bridgehead atoms. The second kappa shape index (κ2) is 8.16. The van der Waals surface area contributed by atoms with E-state index in [1.807, 2.05) is 35.7 Å². The zero-order chi connectivity index (χ0) is 15.4. The number of nitrogens with two attached hydrogens (primary N) is 1. The molecule has 0 radical (unpaired) electrons. The maximum Gasteiger partial charge on any atom is 0.275 e. The van der Waals surface area contributed by atoms with Gasteiger partial charge in [0.15, 0.2) is 0 Å². The molecule has 3 aromatic rings.